The quantitative estimate of drug-likeness (QED) is 0.0461. The summed E-state index contributed by atoms with van der Waals surface area (Å²) >= 11 is 0. The summed E-state index contributed by atoms with van der Waals surface area (Å²) in [6, 6.07) is 15.1. The number of nitrogens with one attached hydrogen (secondary N) is 2. The largest absolute Gasteiger partial charge is 0.500 e. The lowest BCUT2D eigenvalue weighted by atomic mass is 9.94. The molecule has 1 saturated carbocycles. The Morgan fingerprint density at radius 3 is 1.96 bits per heavy atom. The first kappa shape index (κ1) is 74.4. The molecule has 0 bridgehead atoms. The number of fused-ring (bicyclic) bond motifs is 1. The maximum atomic E-state index is 13.6. The summed E-state index contributed by atoms with van der Waals surface area (Å²) in [4.78, 5) is 23.2. The van der Waals surface area contributed by atoms with Crippen LogP contribution in [-0.2, 0) is 11.3 Å². The van der Waals surface area contributed by atoms with Crippen molar-refractivity contribution < 1.29 is 22.9 Å². The lowest BCUT2D eigenvalue weighted by molar-refractivity contribution is -0.497. The molecule has 11 heteroatoms. The van der Waals surface area contributed by atoms with Crippen molar-refractivity contribution in [3.8, 4) is 6.07 Å². The first-order valence-electron chi connectivity index (χ1n) is 30.5. The Labute approximate surface area is 487 Å². The zero-order valence-electron chi connectivity index (χ0n) is 53.6. The SMILES string of the molecule is C=CCCCC(=C)NC.CC#N.CCCC.CCCC(C)CC[C@H](C)CC.CCCCC(C)CC.COC1=C(c2cc(C(=O)Nc3nc4ccc(C)cc4n3CC3CCCC3)cc(C)n2)C(C)=[N+](C)CC1.Cc1cc(F)cc(F)c1. The molecule has 3 heterocycles. The number of nitriles is 1. The topological polar surface area (TPSA) is 108 Å². The third kappa shape index (κ3) is 30.8. The number of nitrogens with zero attached hydrogens (tertiary/aromatic N) is 5. The van der Waals surface area contributed by atoms with Gasteiger partial charge in [-0.25, -0.2) is 18.3 Å². The minimum Gasteiger partial charge on any atom is -0.500 e. The summed E-state index contributed by atoms with van der Waals surface area (Å²) in [6.45, 7) is 38.9. The highest BCUT2D eigenvalue weighted by Crippen LogP contribution is 2.31. The van der Waals surface area contributed by atoms with Gasteiger partial charge in [-0.15, -0.1) is 6.58 Å². The van der Waals surface area contributed by atoms with Crippen LogP contribution in [0.25, 0.3) is 16.6 Å². The summed E-state index contributed by atoms with van der Waals surface area (Å²) < 4.78 is 34.5. The number of pyridine rings is 1. The van der Waals surface area contributed by atoms with E-state index in [0.717, 1.165) is 108 Å². The van der Waals surface area contributed by atoms with Crippen LogP contribution in [0.2, 0.25) is 0 Å². The number of methoxy groups -OCH3 is 1. The number of rotatable bonds is 22. The number of imidazole rings is 1. The van der Waals surface area contributed by atoms with Gasteiger partial charge < -0.3 is 14.6 Å². The molecule has 0 spiro atoms. The average Bonchev–Trinajstić information content (AvgIpc) is 4.07. The Balaban J connectivity index is 0.00000115. The number of halogens is 2. The van der Waals surface area contributed by atoms with Crippen LogP contribution >= 0.6 is 0 Å². The molecule has 9 nitrogen and oxygen atoms in total. The van der Waals surface area contributed by atoms with E-state index in [9.17, 15) is 13.6 Å². The number of unbranched alkanes of at least 4 members (excludes halogenated alkanes) is 3. The number of benzene rings is 2. The van der Waals surface area contributed by atoms with Gasteiger partial charge in [0.2, 0.25) is 5.95 Å². The molecule has 1 aliphatic heterocycles. The second-order valence-corrected chi connectivity index (χ2v) is 22.1. The number of allylic oxidation sites excluding steroid dienone is 3. The molecule has 1 fully saturated rings. The summed E-state index contributed by atoms with van der Waals surface area (Å²) in [7, 11) is 5.67. The minimum atomic E-state index is -0.521. The smallest absolute Gasteiger partial charge is 0.258 e. The molecule has 80 heavy (non-hydrogen) atoms. The Hall–Kier alpha value is -5.63. The Morgan fingerprint density at radius 1 is 0.838 bits per heavy atom. The molecule has 2 aliphatic rings. The fraction of sp³-hybridized carbons (Fsp3) is 0.609. The van der Waals surface area contributed by atoms with E-state index < -0.39 is 11.6 Å². The highest BCUT2D eigenvalue weighted by atomic mass is 19.1. The first-order valence-corrected chi connectivity index (χ1v) is 30.5. The average molecular weight is 1110 g/mol. The van der Waals surface area contributed by atoms with Crippen LogP contribution in [-0.4, -0.2) is 58.5 Å². The normalized spacial score (nSPS) is 13.7. The lowest BCUT2D eigenvalue weighted by Crippen LogP contribution is -2.25. The van der Waals surface area contributed by atoms with Crippen molar-refractivity contribution in [2.45, 2.75) is 225 Å². The second kappa shape index (κ2) is 44.1. The molecule has 0 radical (unpaired) electrons. The van der Waals surface area contributed by atoms with E-state index in [4.69, 9.17) is 20.0 Å². The first-order chi connectivity index (χ1) is 38.2. The molecule has 2 aromatic carbocycles. The number of aromatic nitrogens is 3. The highest BCUT2D eigenvalue weighted by Gasteiger charge is 2.28. The predicted molar refractivity (Wildman–Crippen MR) is 341 cm³/mol. The maximum Gasteiger partial charge on any atom is 0.258 e. The lowest BCUT2D eigenvalue weighted by Gasteiger charge is -2.18. The van der Waals surface area contributed by atoms with Gasteiger partial charge in [0.05, 0.1) is 36.3 Å². The van der Waals surface area contributed by atoms with E-state index in [-0.39, 0.29) is 5.91 Å². The van der Waals surface area contributed by atoms with Crippen molar-refractivity contribution in [2.75, 3.05) is 33.1 Å². The molecule has 2 aromatic heterocycles. The third-order valence-electron chi connectivity index (χ3n) is 14.8. The zero-order valence-corrected chi connectivity index (χ0v) is 53.6. The van der Waals surface area contributed by atoms with Crippen LogP contribution in [0.5, 0.6) is 0 Å². The van der Waals surface area contributed by atoms with E-state index in [0.29, 0.717) is 23.0 Å². The van der Waals surface area contributed by atoms with Crippen LogP contribution in [0.15, 0.2) is 79.2 Å². The second-order valence-electron chi connectivity index (χ2n) is 22.1. The van der Waals surface area contributed by atoms with Crippen molar-refractivity contribution in [1.82, 2.24) is 19.9 Å². The number of hydrogen-bond donors (Lipinski definition) is 2. The molecule has 4 aromatic rings. The Kier molecular flexibility index (Phi) is 41.0. The summed E-state index contributed by atoms with van der Waals surface area (Å²) in [5.41, 5.74) is 9.06. The number of carbonyl (C=O) groups is 1. The third-order valence-corrected chi connectivity index (χ3v) is 14.8. The van der Waals surface area contributed by atoms with Crippen LogP contribution in [0.1, 0.15) is 231 Å². The van der Waals surface area contributed by atoms with E-state index in [1.165, 1.54) is 121 Å². The highest BCUT2D eigenvalue weighted by molar-refractivity contribution is 6.21. The number of ether oxygens (including phenoxy) is 1. The summed E-state index contributed by atoms with van der Waals surface area (Å²) in [5, 5.41) is 13.4. The molecule has 2 N–H and O–H groups in total. The molecular weight excluding hydrogens is 997 g/mol. The van der Waals surface area contributed by atoms with Crippen LogP contribution in [0.4, 0.5) is 14.7 Å². The number of amides is 1. The van der Waals surface area contributed by atoms with Crippen LogP contribution in [0, 0.1) is 67.4 Å². The molecule has 1 aliphatic carbocycles. The molecule has 1 amide bonds. The number of anilines is 1. The minimum absolute atomic E-state index is 0.178. The molecule has 6 rings (SSSR count). The van der Waals surface area contributed by atoms with Crippen LogP contribution in [0.3, 0.4) is 0 Å². The summed E-state index contributed by atoms with van der Waals surface area (Å²) in [5.74, 6) is 3.76. The van der Waals surface area contributed by atoms with Gasteiger partial charge in [0, 0.05) is 50.5 Å². The van der Waals surface area contributed by atoms with E-state index in [1.807, 2.05) is 38.2 Å². The Bertz CT molecular complexity index is 2420. The molecule has 0 saturated heterocycles. The predicted octanol–water partition coefficient (Wildman–Crippen LogP) is 19.5. The van der Waals surface area contributed by atoms with Crippen molar-refractivity contribution in [2.24, 2.45) is 23.7 Å². The Morgan fingerprint density at radius 2 is 1.44 bits per heavy atom. The summed E-state index contributed by atoms with van der Waals surface area (Å²) in [6.07, 6.45) is 26.2. The van der Waals surface area contributed by atoms with E-state index in [1.54, 1.807) is 20.1 Å². The number of aryl methyl sites for hydroxylation is 3. The van der Waals surface area contributed by atoms with Gasteiger partial charge in [-0.2, -0.15) is 5.26 Å². The van der Waals surface area contributed by atoms with Crippen LogP contribution < -0.4 is 10.6 Å². The van der Waals surface area contributed by atoms with Gasteiger partial charge in [0.25, 0.3) is 5.91 Å². The van der Waals surface area contributed by atoms with E-state index >= 15 is 0 Å². The van der Waals surface area contributed by atoms with Gasteiger partial charge in [-0.1, -0.05) is 165 Å². The van der Waals surface area contributed by atoms with Gasteiger partial charge in [0.1, 0.15) is 36.6 Å². The van der Waals surface area contributed by atoms with Gasteiger partial charge in [0.15, 0.2) is 5.71 Å². The number of carbonyl (C=O) groups excluding carboxylic acids is 1. The fourth-order valence-electron chi connectivity index (χ4n) is 9.00. The van der Waals surface area contributed by atoms with Crippen molar-refractivity contribution in [3.63, 3.8) is 0 Å². The molecule has 3 atom stereocenters. The molecule has 2 unspecified atom stereocenters. The number of hydrogen-bond acceptors (Lipinski definition) is 6. The molecular formula is C69H112F2N7O2+. The van der Waals surface area contributed by atoms with Crippen molar-refractivity contribution in [1.29, 1.82) is 5.26 Å². The monoisotopic (exact) mass is 1110 g/mol. The zero-order chi connectivity index (χ0) is 60.6. The van der Waals surface area contributed by atoms with Crippen molar-refractivity contribution in [3.05, 3.63) is 119 Å². The van der Waals surface area contributed by atoms with Crippen molar-refractivity contribution >= 4 is 34.2 Å². The van der Waals surface area contributed by atoms with Gasteiger partial charge in [-0.05, 0) is 124 Å². The standard InChI is InChI=1S/C29H35N5O2.C11H24.C8H15N.C8H18.C7H6F2.C4H10.C2H3N/c1-18-10-11-23-25(14-18)34(17-21-8-6-7-9-21)29(31-23)32-28(35)22-15-19(2)30-24(16-22)27-20(3)33(4)13-12-26(27)36-5;1-5-7-11(4)9-8-10(3)6-2;1-4-5-6-7-8(2)9-3;1-4-6-7-8(3)5-2;1-5-2-6(8)4-7(9)3-5;1-3-4-2;1-2-3/h10-11,14-16,21H,6-9,12-13,17H2,1-5H3;10-11H,5-9H2,1-4H3;4,9H,1-2,5-7H2,3H3;8H,4-7H2,1-3H3;2-4H,1H3;3-4H2,1-2H3;1H3/p+1/t;10-,11?;;;;;/m.1...../s1. The maximum absolute atomic E-state index is 13.6. The van der Waals surface area contributed by atoms with E-state index in [2.05, 4.69) is 128 Å². The fourth-order valence-corrected chi connectivity index (χ4v) is 9.00. The van der Waals surface area contributed by atoms with Gasteiger partial charge in [-0.3, -0.25) is 15.1 Å². The molecule has 448 valence electrons. The van der Waals surface area contributed by atoms with Gasteiger partial charge >= 0.3 is 0 Å².